The fraction of sp³-hybridized carbons (Fsp3) is 0.353. The molecule has 0 aromatic heterocycles. The van der Waals surface area contributed by atoms with Gasteiger partial charge in [-0.1, -0.05) is 69.0 Å². The van der Waals surface area contributed by atoms with E-state index in [1.54, 1.807) is 6.08 Å². The number of thiocarbonyl (C=S) groups is 1. The van der Waals surface area contributed by atoms with E-state index in [0.29, 0.717) is 9.23 Å². The van der Waals surface area contributed by atoms with Crippen LogP contribution in [0, 0.1) is 0 Å². The number of aliphatic carboxylic acids is 1. The quantitative estimate of drug-likeness (QED) is 0.617. The summed E-state index contributed by atoms with van der Waals surface area (Å²) >= 11 is 6.34. The number of carboxylic acids is 1. The monoisotopic (exact) mass is 348 g/mol. The molecule has 1 fully saturated rings. The molecule has 0 atom stereocenters. The lowest BCUT2D eigenvalue weighted by atomic mass is 9.87. The van der Waals surface area contributed by atoms with Crippen LogP contribution in [0.5, 0.6) is 0 Å². The van der Waals surface area contributed by atoms with Gasteiger partial charge < -0.3 is 9.90 Å². The Bertz CT molecular complexity index is 672. The molecule has 1 saturated heterocycles. The molecule has 1 aromatic rings. The van der Waals surface area contributed by atoms with Crippen LogP contribution in [-0.2, 0) is 15.0 Å². The average Bonchev–Trinajstić information content (AvgIpc) is 2.71. The van der Waals surface area contributed by atoms with Gasteiger partial charge in [0.2, 0.25) is 0 Å². The molecule has 122 valence electrons. The highest BCUT2D eigenvalue weighted by Crippen LogP contribution is 2.33. The molecule has 0 unspecified atom stereocenters. The molecule has 1 amide bonds. The molecule has 0 saturated carbocycles. The highest BCUT2D eigenvalue weighted by Gasteiger charge is 2.31. The van der Waals surface area contributed by atoms with Gasteiger partial charge in [-0.2, -0.15) is 0 Å². The van der Waals surface area contributed by atoms with Gasteiger partial charge in [0.25, 0.3) is 5.91 Å². The Morgan fingerprint density at radius 2 is 1.91 bits per heavy atom. The first-order valence-electron chi connectivity index (χ1n) is 7.24. The van der Waals surface area contributed by atoms with Crippen molar-refractivity contribution >= 4 is 46.3 Å². The molecule has 0 aliphatic carbocycles. The first kappa shape index (κ1) is 17.7. The van der Waals surface area contributed by atoms with Crippen LogP contribution in [0.1, 0.15) is 38.3 Å². The second-order valence-electron chi connectivity index (χ2n) is 6.33. The Hall–Kier alpha value is -1.66. The highest BCUT2D eigenvalue weighted by molar-refractivity contribution is 8.26. The van der Waals surface area contributed by atoms with Gasteiger partial charge in [-0.3, -0.25) is 9.69 Å². The van der Waals surface area contributed by atoms with Crippen LogP contribution >= 0.6 is 24.0 Å². The maximum atomic E-state index is 12.3. The van der Waals surface area contributed by atoms with Gasteiger partial charge in [-0.05, 0) is 22.6 Å². The van der Waals surface area contributed by atoms with Crippen LogP contribution in [0.15, 0.2) is 29.2 Å². The van der Waals surface area contributed by atoms with E-state index in [9.17, 15) is 14.7 Å². The summed E-state index contributed by atoms with van der Waals surface area (Å²) in [6.45, 7) is 6.48. The van der Waals surface area contributed by atoms with Crippen LogP contribution < -0.4 is 5.11 Å². The summed E-state index contributed by atoms with van der Waals surface area (Å²) in [7, 11) is 0. The minimum atomic E-state index is -1.19. The molecular formula is C17H18NO3S2-. The smallest absolute Gasteiger partial charge is 0.266 e. The summed E-state index contributed by atoms with van der Waals surface area (Å²) in [4.78, 5) is 24.7. The maximum Gasteiger partial charge on any atom is 0.266 e. The topological polar surface area (TPSA) is 60.4 Å². The van der Waals surface area contributed by atoms with Crippen LogP contribution in [0.4, 0.5) is 0 Å². The van der Waals surface area contributed by atoms with Crippen molar-refractivity contribution in [1.29, 1.82) is 0 Å². The predicted octanol–water partition coefficient (Wildman–Crippen LogP) is 2.33. The second-order valence-corrected chi connectivity index (χ2v) is 8.00. The number of hydrogen-bond acceptors (Lipinski definition) is 5. The number of thioether (sulfide) groups is 1. The minimum absolute atomic E-state index is 0.0489. The maximum absolute atomic E-state index is 12.3. The summed E-state index contributed by atoms with van der Waals surface area (Å²) in [6, 6.07) is 8.02. The summed E-state index contributed by atoms with van der Waals surface area (Å²) in [6.07, 6.45) is 1.56. The number of carboxylic acid groups (broad SMARTS) is 1. The summed E-state index contributed by atoms with van der Waals surface area (Å²) in [5.74, 6) is -1.44. The molecule has 0 spiro atoms. The number of rotatable bonds is 4. The Morgan fingerprint density at radius 3 is 2.43 bits per heavy atom. The molecule has 0 bridgehead atoms. The van der Waals surface area contributed by atoms with Gasteiger partial charge >= 0.3 is 0 Å². The van der Waals surface area contributed by atoms with Crippen molar-refractivity contribution in [2.45, 2.75) is 32.6 Å². The Labute approximate surface area is 145 Å². The van der Waals surface area contributed by atoms with Crippen LogP contribution in [0.2, 0.25) is 0 Å². The second kappa shape index (κ2) is 6.84. The van der Waals surface area contributed by atoms with E-state index >= 15 is 0 Å². The van der Waals surface area contributed by atoms with Crippen molar-refractivity contribution in [3.05, 3.63) is 40.3 Å². The van der Waals surface area contributed by atoms with Crippen molar-refractivity contribution in [3.63, 3.8) is 0 Å². The molecule has 23 heavy (non-hydrogen) atoms. The van der Waals surface area contributed by atoms with Crippen LogP contribution in [0.25, 0.3) is 6.08 Å². The van der Waals surface area contributed by atoms with Crippen LogP contribution in [0.3, 0.4) is 0 Å². The molecule has 2 rings (SSSR count). The van der Waals surface area contributed by atoms with Crippen molar-refractivity contribution in [2.75, 3.05) is 6.54 Å². The lowest BCUT2D eigenvalue weighted by Gasteiger charge is -2.18. The zero-order chi connectivity index (χ0) is 17.2. The van der Waals surface area contributed by atoms with E-state index < -0.39 is 5.97 Å². The Balaban J connectivity index is 2.15. The lowest BCUT2D eigenvalue weighted by Crippen LogP contribution is -2.33. The molecule has 0 radical (unpaired) electrons. The normalized spacial score (nSPS) is 17.2. The van der Waals surface area contributed by atoms with E-state index in [-0.39, 0.29) is 24.3 Å². The molecule has 1 aromatic carbocycles. The SMILES string of the molecule is CC(C)(C)c1ccc(C=C2SC(=S)N(CCC(=O)[O-])C2=O)cc1. The third-order valence-corrected chi connectivity index (χ3v) is 4.87. The Morgan fingerprint density at radius 1 is 1.30 bits per heavy atom. The number of carbonyl (C=O) groups is 2. The average molecular weight is 348 g/mol. The molecule has 6 heteroatoms. The summed E-state index contributed by atoms with van der Waals surface area (Å²) in [5.41, 5.74) is 2.21. The molecule has 1 heterocycles. The van der Waals surface area contributed by atoms with E-state index in [2.05, 4.69) is 20.8 Å². The number of nitrogens with zero attached hydrogens (tertiary/aromatic N) is 1. The van der Waals surface area contributed by atoms with Gasteiger partial charge in [0.1, 0.15) is 4.32 Å². The predicted molar refractivity (Wildman–Crippen MR) is 94.6 cm³/mol. The fourth-order valence-electron chi connectivity index (χ4n) is 2.13. The van der Waals surface area contributed by atoms with E-state index in [1.165, 1.54) is 22.2 Å². The first-order valence-corrected chi connectivity index (χ1v) is 8.47. The minimum Gasteiger partial charge on any atom is -0.550 e. The zero-order valence-corrected chi connectivity index (χ0v) is 14.9. The van der Waals surface area contributed by atoms with Gasteiger partial charge in [0.05, 0.1) is 4.91 Å². The molecule has 1 aliphatic rings. The molecule has 1 aliphatic heterocycles. The highest BCUT2D eigenvalue weighted by atomic mass is 32.2. The summed E-state index contributed by atoms with van der Waals surface area (Å²) in [5, 5.41) is 10.5. The van der Waals surface area contributed by atoms with Crippen molar-refractivity contribution in [2.24, 2.45) is 0 Å². The van der Waals surface area contributed by atoms with E-state index in [4.69, 9.17) is 12.2 Å². The van der Waals surface area contributed by atoms with Gasteiger partial charge in [-0.25, -0.2) is 0 Å². The van der Waals surface area contributed by atoms with E-state index in [1.807, 2.05) is 24.3 Å². The number of amides is 1. The zero-order valence-electron chi connectivity index (χ0n) is 13.3. The van der Waals surface area contributed by atoms with Gasteiger partial charge in [0.15, 0.2) is 0 Å². The molecular weight excluding hydrogens is 330 g/mol. The summed E-state index contributed by atoms with van der Waals surface area (Å²) < 4.78 is 0.383. The molecule has 0 N–H and O–H groups in total. The van der Waals surface area contributed by atoms with Crippen molar-refractivity contribution in [3.8, 4) is 0 Å². The van der Waals surface area contributed by atoms with Gasteiger partial charge in [-0.15, -0.1) is 0 Å². The third kappa shape index (κ3) is 4.42. The molecule has 4 nitrogen and oxygen atoms in total. The standard InChI is InChI=1S/C17H19NO3S2/c1-17(2,3)12-6-4-11(5-7-12)10-13-15(21)18(16(22)23-13)9-8-14(19)20/h4-7,10H,8-9H2,1-3H3,(H,19,20)/p-1. The first-order chi connectivity index (χ1) is 10.7. The van der Waals surface area contributed by atoms with Crippen molar-refractivity contribution < 1.29 is 14.7 Å². The largest absolute Gasteiger partial charge is 0.550 e. The van der Waals surface area contributed by atoms with Gasteiger partial charge in [0, 0.05) is 18.9 Å². The Kier molecular flexibility index (Phi) is 5.26. The fourth-order valence-corrected chi connectivity index (χ4v) is 3.44. The van der Waals surface area contributed by atoms with Crippen LogP contribution in [-0.4, -0.2) is 27.6 Å². The third-order valence-electron chi connectivity index (χ3n) is 3.49. The lowest BCUT2D eigenvalue weighted by molar-refractivity contribution is -0.305. The number of carbonyl (C=O) groups excluding carboxylic acids is 2. The number of hydrogen-bond donors (Lipinski definition) is 0. The van der Waals surface area contributed by atoms with Crippen molar-refractivity contribution in [1.82, 2.24) is 4.90 Å². The van der Waals surface area contributed by atoms with E-state index in [0.717, 1.165) is 5.56 Å². The number of benzene rings is 1.